The van der Waals surface area contributed by atoms with Gasteiger partial charge in [-0.3, -0.25) is 0 Å². The van der Waals surface area contributed by atoms with Crippen LogP contribution in [0.3, 0.4) is 0 Å². The van der Waals surface area contributed by atoms with E-state index in [4.69, 9.17) is 15.0 Å². The molecule has 103 heavy (non-hydrogen) atoms. The van der Waals surface area contributed by atoms with Crippen LogP contribution in [0.2, 0.25) is 0 Å². The smallest absolute Gasteiger partial charge is 0.304 e. The first-order valence-electron chi connectivity index (χ1n) is 36.7. The van der Waals surface area contributed by atoms with Gasteiger partial charge in [0.25, 0.3) is 0 Å². The molecule has 0 aliphatic rings. The van der Waals surface area contributed by atoms with Gasteiger partial charge in [0.1, 0.15) is 0 Å². The molecule has 3 aromatic heterocycles. The van der Waals surface area contributed by atoms with Crippen LogP contribution < -0.4 is 0 Å². The summed E-state index contributed by atoms with van der Waals surface area (Å²) in [7, 11) is 0. The van der Waals surface area contributed by atoms with Gasteiger partial charge in [-0.15, -0.1) is 106 Å². The molecule has 13 rings (SSSR count). The fraction of sp³-hybridized carbons (Fsp3) is 0.242. The second-order valence-corrected chi connectivity index (χ2v) is 32.4. The topological polar surface area (TPSA) is 38.7 Å². The van der Waals surface area contributed by atoms with E-state index in [0.717, 1.165) is 153 Å². The van der Waals surface area contributed by atoms with Crippen molar-refractivity contribution in [3.05, 3.63) is 307 Å². The number of rotatable bonds is 18. The molecule has 0 saturated carbocycles. The molecule has 3 heterocycles. The molecule has 0 atom stereocenters. The van der Waals surface area contributed by atoms with Crippen LogP contribution in [-0.4, -0.2) is 15.0 Å². The normalized spacial score (nSPS) is 11.9. The summed E-state index contributed by atoms with van der Waals surface area (Å²) in [6.45, 7) is 34.5. The Morgan fingerprint density at radius 2 is 0.524 bits per heavy atom. The van der Waals surface area contributed by atoms with Crippen molar-refractivity contribution in [3.63, 3.8) is 0 Å². The Bertz CT molecular complexity index is 4630. The quantitative estimate of drug-likeness (QED) is 0.0804. The average molecular weight is 1520 g/mol. The van der Waals surface area contributed by atoms with Crippen molar-refractivity contribution in [1.29, 1.82) is 0 Å². The Morgan fingerprint density at radius 1 is 0.262 bits per heavy atom. The molecule has 0 N–H and O–H groups in total. The summed E-state index contributed by atoms with van der Waals surface area (Å²) in [5.41, 5.74) is 32.4. The molecule has 3 nitrogen and oxygen atoms in total. The van der Waals surface area contributed by atoms with E-state index in [-0.39, 0.29) is 36.4 Å². The van der Waals surface area contributed by atoms with Gasteiger partial charge in [0.05, 0.1) is 0 Å². The summed E-state index contributed by atoms with van der Waals surface area (Å²) in [4.78, 5) is 16.3. The van der Waals surface area contributed by atoms with Crippen LogP contribution >= 0.6 is 0 Å². The molecule has 0 radical (unpaired) electrons. The Morgan fingerprint density at radius 3 is 0.767 bits per heavy atom. The zero-order chi connectivity index (χ0) is 71.6. The van der Waals surface area contributed by atoms with Gasteiger partial charge in [0, 0.05) is 35.3 Å². The molecule has 0 spiro atoms. The Kier molecular flexibility index (Phi) is 21.8. The van der Waals surface area contributed by atoms with E-state index < -0.39 is 0 Å². The summed E-state index contributed by atoms with van der Waals surface area (Å²) in [6.07, 6.45) is 9.32. The Hall–Kier alpha value is -9.70. The Labute approximate surface area is 628 Å². The van der Waals surface area contributed by atoms with Crippen molar-refractivity contribution < 1.29 is 20.1 Å². The average Bonchev–Trinajstić information content (AvgIpc) is 0.755. The van der Waals surface area contributed by atoms with E-state index in [2.05, 4.69) is 377 Å². The Balaban J connectivity index is 0.00001000. The molecule has 0 unspecified atom stereocenters. The number of benzene rings is 10. The van der Waals surface area contributed by atoms with Crippen LogP contribution in [0.15, 0.2) is 255 Å². The summed E-state index contributed by atoms with van der Waals surface area (Å²) in [6, 6.07) is 98.7. The maximum Gasteiger partial charge on any atom is 3.00 e. The predicted molar refractivity (Wildman–Crippen MR) is 433 cm³/mol. The van der Waals surface area contributed by atoms with Crippen LogP contribution in [-0.2, 0) is 55.6 Å². The van der Waals surface area contributed by atoms with Gasteiger partial charge in [0.15, 0.2) is 0 Å². The van der Waals surface area contributed by atoms with Gasteiger partial charge in [-0.1, -0.05) is 249 Å². The molecular formula is C99H96IrN3. The third kappa shape index (κ3) is 16.7. The zero-order valence-corrected chi connectivity index (χ0v) is 65.2. The molecule has 13 aromatic rings. The molecule has 10 aromatic carbocycles. The van der Waals surface area contributed by atoms with Gasteiger partial charge in [0.2, 0.25) is 0 Å². The van der Waals surface area contributed by atoms with E-state index >= 15 is 0 Å². The second kappa shape index (κ2) is 30.7. The first kappa shape index (κ1) is 73.1. The van der Waals surface area contributed by atoms with Gasteiger partial charge < -0.3 is 15.0 Å². The van der Waals surface area contributed by atoms with Crippen molar-refractivity contribution in [2.75, 3.05) is 0 Å². The van der Waals surface area contributed by atoms with Gasteiger partial charge in [-0.2, -0.15) is 0 Å². The standard InChI is InChI=1S/C99H96N3.Ir/c1-64(2)46-67-28-25-37-73(49-67)94-58-85(70-31-19-16-20-32-70)91(61-100-94)88-55-79(97(7,8)9)40-43-82(88)76-52-77(83-44-41-80(98(10,11)12)56-89(83)92-62-101-95(59-86(92)71-33-21-17-22-34-71)74-38-26-29-68(50-74)47-65(3)4)54-78(53-76)84-45-42-81(99(13,14)15)57-90(84)93-63-102-96(60-87(93)72-35-23-18-24-36-72)75-39-27-30-69(51-75)48-66(5)6;/h16-36,40-45,49-66H,46-48H2,1-15H3;/q-3;+3. The molecule has 0 saturated heterocycles. The van der Waals surface area contributed by atoms with Crippen LogP contribution in [0.5, 0.6) is 0 Å². The van der Waals surface area contributed by atoms with E-state index in [1.54, 1.807) is 0 Å². The maximum absolute atomic E-state index is 5.44. The van der Waals surface area contributed by atoms with Crippen LogP contribution in [0.1, 0.15) is 137 Å². The third-order valence-electron chi connectivity index (χ3n) is 19.7. The number of nitrogens with zero attached hydrogens (tertiary/aromatic N) is 3. The van der Waals surface area contributed by atoms with Crippen LogP contribution in [0.25, 0.3) is 134 Å². The number of hydrogen-bond donors (Lipinski definition) is 0. The second-order valence-electron chi connectivity index (χ2n) is 32.4. The molecule has 0 aliphatic carbocycles. The molecular weight excluding hydrogens is 1420 g/mol. The molecule has 0 bridgehead atoms. The van der Waals surface area contributed by atoms with Crippen molar-refractivity contribution >= 4 is 0 Å². The third-order valence-corrected chi connectivity index (χ3v) is 19.7. The summed E-state index contributed by atoms with van der Waals surface area (Å²) in [5, 5.41) is 0. The minimum absolute atomic E-state index is 0. The number of aromatic nitrogens is 3. The zero-order valence-electron chi connectivity index (χ0n) is 62.8. The van der Waals surface area contributed by atoms with Crippen LogP contribution in [0.4, 0.5) is 0 Å². The van der Waals surface area contributed by atoms with Crippen molar-refractivity contribution in [1.82, 2.24) is 15.0 Å². The maximum atomic E-state index is 5.44. The minimum Gasteiger partial charge on any atom is -0.304 e. The summed E-state index contributed by atoms with van der Waals surface area (Å²) < 4.78 is 0. The van der Waals surface area contributed by atoms with Crippen LogP contribution in [0, 0.1) is 36.0 Å². The van der Waals surface area contributed by atoms with E-state index in [1.165, 1.54) is 33.4 Å². The van der Waals surface area contributed by atoms with Gasteiger partial charge in [-0.25, -0.2) is 0 Å². The van der Waals surface area contributed by atoms with E-state index in [0.29, 0.717) is 17.8 Å². The molecule has 0 aliphatic heterocycles. The number of pyridine rings is 3. The summed E-state index contributed by atoms with van der Waals surface area (Å²) >= 11 is 0. The molecule has 0 fully saturated rings. The summed E-state index contributed by atoms with van der Waals surface area (Å²) in [5.74, 6) is 1.55. The van der Waals surface area contributed by atoms with Crippen molar-refractivity contribution in [2.45, 2.75) is 139 Å². The molecule has 4 heteroatoms. The van der Waals surface area contributed by atoms with Gasteiger partial charge >= 0.3 is 20.1 Å². The molecule has 0 amide bonds. The van der Waals surface area contributed by atoms with Crippen molar-refractivity contribution in [3.8, 4) is 134 Å². The largest absolute Gasteiger partial charge is 3.00 e. The SMILES string of the molecule is CC(C)Cc1cc[c-]c(-c2cc(-c3ccccc3)c(-c3cc(C(C)(C)C)ccc3-c3cc(-c4ccc(C(C)(C)C)cc4-c4cnc(-c5[c-]ccc(CC(C)C)c5)cc4-c4ccccc4)cc(-c4ccc(C(C)(C)C)cc4-c4cnc(-c5[c-]ccc(CC(C)C)c5)cc4-c4ccccc4)c3)cn2)c1.[Ir+3]. The van der Waals surface area contributed by atoms with E-state index in [9.17, 15) is 0 Å². The molecule has 516 valence electrons. The van der Waals surface area contributed by atoms with Gasteiger partial charge in [-0.05, 0) is 207 Å². The first-order chi connectivity index (χ1) is 48.9. The first-order valence-corrected chi connectivity index (χ1v) is 36.7. The van der Waals surface area contributed by atoms with Crippen molar-refractivity contribution in [2.24, 2.45) is 17.8 Å². The fourth-order valence-corrected chi connectivity index (χ4v) is 14.4. The monoisotopic (exact) mass is 1520 g/mol. The van der Waals surface area contributed by atoms with E-state index in [1.807, 2.05) is 0 Å². The predicted octanol–water partition coefficient (Wildman–Crippen LogP) is 26.8. The minimum atomic E-state index is -0.177. The fourth-order valence-electron chi connectivity index (χ4n) is 14.4. The number of hydrogen-bond acceptors (Lipinski definition) is 3.